The Hall–Kier alpha value is -2.56. The fourth-order valence-corrected chi connectivity index (χ4v) is 3.00. The van der Waals surface area contributed by atoms with Crippen LogP contribution < -0.4 is 11.5 Å². The molecule has 3 aromatic heterocycles. The van der Waals surface area contributed by atoms with Crippen molar-refractivity contribution >= 4 is 22.5 Å². The Morgan fingerprint density at radius 1 is 1.05 bits per heavy atom. The van der Waals surface area contributed by atoms with E-state index in [4.69, 9.17) is 11.5 Å². The fraction of sp³-hybridized carbons (Fsp3) is 0.294. The SMILES string of the molecule is CC1Cc2ccnc(N)c2C1.Cn1ccc2c(N)nccc21. The molecular formula is C17H21N5. The van der Waals surface area contributed by atoms with Gasteiger partial charge in [-0.2, -0.15) is 0 Å². The molecule has 5 heteroatoms. The summed E-state index contributed by atoms with van der Waals surface area (Å²) in [5, 5.41) is 1.02. The van der Waals surface area contributed by atoms with E-state index < -0.39 is 0 Å². The van der Waals surface area contributed by atoms with Crippen LogP contribution in [0.5, 0.6) is 0 Å². The van der Waals surface area contributed by atoms with Gasteiger partial charge >= 0.3 is 0 Å². The Morgan fingerprint density at radius 3 is 2.50 bits per heavy atom. The van der Waals surface area contributed by atoms with E-state index in [1.54, 1.807) is 12.4 Å². The Bertz CT molecular complexity index is 806. The molecule has 0 spiro atoms. The highest BCUT2D eigenvalue weighted by Gasteiger charge is 2.19. The van der Waals surface area contributed by atoms with E-state index in [1.165, 1.54) is 17.5 Å². The molecule has 22 heavy (non-hydrogen) atoms. The first-order valence-electron chi connectivity index (χ1n) is 7.44. The molecule has 3 heterocycles. The molecule has 4 rings (SSSR count). The zero-order valence-corrected chi connectivity index (χ0v) is 13.0. The summed E-state index contributed by atoms with van der Waals surface area (Å²) in [6.07, 6.45) is 7.77. The highest BCUT2D eigenvalue weighted by atomic mass is 14.9. The van der Waals surface area contributed by atoms with Gasteiger partial charge in [0.05, 0.1) is 5.52 Å². The highest BCUT2D eigenvalue weighted by Crippen LogP contribution is 2.28. The molecule has 1 aliphatic carbocycles. The third-order valence-electron chi connectivity index (χ3n) is 4.15. The van der Waals surface area contributed by atoms with Gasteiger partial charge in [0.15, 0.2) is 0 Å². The normalized spacial score (nSPS) is 16.2. The molecule has 0 amide bonds. The number of fused-ring (bicyclic) bond motifs is 2. The zero-order valence-electron chi connectivity index (χ0n) is 13.0. The van der Waals surface area contributed by atoms with Crippen LogP contribution in [0.2, 0.25) is 0 Å². The largest absolute Gasteiger partial charge is 0.383 e. The molecule has 0 aliphatic heterocycles. The lowest BCUT2D eigenvalue weighted by Gasteiger charge is -1.99. The van der Waals surface area contributed by atoms with Crippen molar-refractivity contribution < 1.29 is 0 Å². The molecule has 1 aliphatic rings. The van der Waals surface area contributed by atoms with Crippen molar-refractivity contribution in [2.24, 2.45) is 13.0 Å². The smallest absolute Gasteiger partial charge is 0.132 e. The van der Waals surface area contributed by atoms with Gasteiger partial charge < -0.3 is 16.0 Å². The van der Waals surface area contributed by atoms with E-state index >= 15 is 0 Å². The molecule has 0 aromatic carbocycles. The number of hydrogen-bond acceptors (Lipinski definition) is 4. The van der Waals surface area contributed by atoms with Crippen LogP contribution >= 0.6 is 0 Å². The van der Waals surface area contributed by atoms with Gasteiger partial charge in [-0.3, -0.25) is 0 Å². The van der Waals surface area contributed by atoms with Gasteiger partial charge in [-0.05, 0) is 48.1 Å². The second-order valence-corrected chi connectivity index (χ2v) is 5.90. The van der Waals surface area contributed by atoms with Gasteiger partial charge in [0.25, 0.3) is 0 Å². The van der Waals surface area contributed by atoms with Crippen LogP contribution in [0.3, 0.4) is 0 Å². The van der Waals surface area contributed by atoms with Crippen molar-refractivity contribution in [1.29, 1.82) is 0 Å². The van der Waals surface area contributed by atoms with E-state index in [2.05, 4.69) is 23.0 Å². The van der Waals surface area contributed by atoms with E-state index in [0.717, 1.165) is 29.1 Å². The minimum Gasteiger partial charge on any atom is -0.383 e. The maximum atomic E-state index is 5.72. The fourth-order valence-electron chi connectivity index (χ4n) is 3.00. The molecule has 0 bridgehead atoms. The number of nitrogen functional groups attached to an aromatic ring is 2. The summed E-state index contributed by atoms with van der Waals surface area (Å²) >= 11 is 0. The van der Waals surface area contributed by atoms with Gasteiger partial charge in [0.1, 0.15) is 11.6 Å². The average Bonchev–Trinajstić information content (AvgIpc) is 3.05. The third-order valence-corrected chi connectivity index (χ3v) is 4.15. The standard InChI is InChI=1S/C9H12N2.C8H9N3/c1-6-4-7-2-3-11-9(10)8(7)5-6;1-11-5-3-6-7(11)2-4-10-8(6)9/h2-3,6H,4-5H2,1H3,(H2,10,11);2-5H,1H3,(H2,9,10). The Balaban J connectivity index is 0.000000131. The summed E-state index contributed by atoms with van der Waals surface area (Å²) < 4.78 is 2.02. The maximum Gasteiger partial charge on any atom is 0.132 e. The molecule has 5 nitrogen and oxygen atoms in total. The summed E-state index contributed by atoms with van der Waals surface area (Å²) in [4.78, 5) is 8.05. The van der Waals surface area contributed by atoms with Crippen LogP contribution in [0.4, 0.5) is 11.6 Å². The number of nitrogens with two attached hydrogens (primary N) is 2. The van der Waals surface area contributed by atoms with Crippen molar-refractivity contribution in [3.05, 3.63) is 47.9 Å². The average molecular weight is 295 g/mol. The number of anilines is 2. The third kappa shape index (κ3) is 2.62. The molecule has 0 saturated heterocycles. The highest BCUT2D eigenvalue weighted by molar-refractivity contribution is 5.88. The maximum absolute atomic E-state index is 5.72. The Kier molecular flexibility index (Phi) is 3.71. The number of aromatic nitrogens is 3. The minimum absolute atomic E-state index is 0.600. The van der Waals surface area contributed by atoms with Crippen LogP contribution in [-0.4, -0.2) is 14.5 Å². The first-order valence-corrected chi connectivity index (χ1v) is 7.44. The monoisotopic (exact) mass is 295 g/mol. The van der Waals surface area contributed by atoms with E-state index in [1.807, 2.05) is 29.9 Å². The summed E-state index contributed by atoms with van der Waals surface area (Å²) in [5.41, 5.74) is 15.2. The van der Waals surface area contributed by atoms with Crippen LogP contribution in [0.15, 0.2) is 36.8 Å². The number of nitrogens with zero attached hydrogens (tertiary/aromatic N) is 3. The summed E-state index contributed by atoms with van der Waals surface area (Å²) in [6, 6.07) is 6.00. The zero-order chi connectivity index (χ0) is 15.7. The summed E-state index contributed by atoms with van der Waals surface area (Å²) in [6.45, 7) is 2.25. The molecule has 0 saturated carbocycles. The molecule has 0 radical (unpaired) electrons. The van der Waals surface area contributed by atoms with Gasteiger partial charge in [-0.1, -0.05) is 6.92 Å². The van der Waals surface area contributed by atoms with Crippen LogP contribution in [0, 0.1) is 5.92 Å². The topological polar surface area (TPSA) is 82.8 Å². The lowest BCUT2D eigenvalue weighted by molar-refractivity contribution is 0.628. The quantitative estimate of drug-likeness (QED) is 0.667. The molecule has 1 atom stereocenters. The predicted molar refractivity (Wildman–Crippen MR) is 90.3 cm³/mol. The second-order valence-electron chi connectivity index (χ2n) is 5.90. The number of pyridine rings is 2. The number of rotatable bonds is 0. The molecule has 3 aromatic rings. The van der Waals surface area contributed by atoms with Gasteiger partial charge in [-0.15, -0.1) is 0 Å². The molecule has 1 unspecified atom stereocenters. The summed E-state index contributed by atoms with van der Waals surface area (Å²) in [5.74, 6) is 2.08. The first kappa shape index (κ1) is 14.4. The first-order chi connectivity index (χ1) is 10.6. The van der Waals surface area contributed by atoms with E-state index in [0.29, 0.717) is 5.82 Å². The van der Waals surface area contributed by atoms with Crippen molar-refractivity contribution in [2.45, 2.75) is 19.8 Å². The van der Waals surface area contributed by atoms with Crippen LogP contribution in [0.25, 0.3) is 10.9 Å². The van der Waals surface area contributed by atoms with Crippen molar-refractivity contribution in [3.63, 3.8) is 0 Å². The summed E-state index contributed by atoms with van der Waals surface area (Å²) in [7, 11) is 1.99. The van der Waals surface area contributed by atoms with E-state index in [-0.39, 0.29) is 0 Å². The van der Waals surface area contributed by atoms with E-state index in [9.17, 15) is 0 Å². The predicted octanol–water partition coefficient (Wildman–Crippen LogP) is 2.55. The van der Waals surface area contributed by atoms with Gasteiger partial charge in [0, 0.05) is 31.0 Å². The number of hydrogen-bond donors (Lipinski definition) is 2. The Morgan fingerprint density at radius 2 is 1.77 bits per heavy atom. The molecule has 114 valence electrons. The lowest BCUT2D eigenvalue weighted by atomic mass is 10.1. The Labute approximate surface area is 130 Å². The molecule has 0 fully saturated rings. The molecule has 4 N–H and O–H groups in total. The van der Waals surface area contributed by atoms with Crippen LogP contribution in [-0.2, 0) is 19.9 Å². The van der Waals surface area contributed by atoms with Crippen LogP contribution in [0.1, 0.15) is 18.1 Å². The lowest BCUT2D eigenvalue weighted by Crippen LogP contribution is -1.96. The van der Waals surface area contributed by atoms with Crippen molar-refractivity contribution in [2.75, 3.05) is 11.5 Å². The second kappa shape index (κ2) is 5.67. The minimum atomic E-state index is 0.600. The van der Waals surface area contributed by atoms with Gasteiger partial charge in [-0.25, -0.2) is 9.97 Å². The number of aryl methyl sites for hydroxylation is 1. The molecular weight excluding hydrogens is 274 g/mol. The van der Waals surface area contributed by atoms with Gasteiger partial charge in [0.2, 0.25) is 0 Å². The van der Waals surface area contributed by atoms with Crippen molar-refractivity contribution in [3.8, 4) is 0 Å². The van der Waals surface area contributed by atoms with Crippen molar-refractivity contribution in [1.82, 2.24) is 14.5 Å².